The van der Waals surface area contributed by atoms with Crippen molar-refractivity contribution < 1.29 is 9.47 Å². The van der Waals surface area contributed by atoms with Crippen LogP contribution in [-0.2, 0) is 4.74 Å². The summed E-state index contributed by atoms with van der Waals surface area (Å²) in [6, 6.07) is 19.3. The van der Waals surface area contributed by atoms with Crippen LogP contribution in [0.15, 0.2) is 67.0 Å². The fourth-order valence-electron chi connectivity index (χ4n) is 3.65. The molecule has 0 bridgehead atoms. The molecule has 0 amide bonds. The second kappa shape index (κ2) is 9.06. The molecule has 4 aromatic rings. The maximum atomic E-state index is 9.40. The highest BCUT2D eigenvalue weighted by atomic mass is 16.5. The lowest BCUT2D eigenvalue weighted by molar-refractivity contribution is 0.000316. The number of anilines is 2. The molecular formula is C24H22N6O2. The van der Waals surface area contributed by atoms with E-state index < -0.39 is 0 Å². The first-order chi connectivity index (χ1) is 15.8. The predicted octanol–water partition coefficient (Wildman–Crippen LogP) is 3.38. The first kappa shape index (κ1) is 20.0. The molecule has 160 valence electrons. The molecule has 1 aliphatic heterocycles. The molecule has 1 saturated heterocycles. The number of nitrogens with zero attached hydrogens (tertiary/aromatic N) is 4. The topological polar surface area (TPSA) is 96.5 Å². The molecule has 0 radical (unpaired) electrons. The number of morpholine rings is 1. The summed E-state index contributed by atoms with van der Waals surface area (Å²) in [5.74, 6) is 2.15. The van der Waals surface area contributed by atoms with E-state index in [2.05, 4.69) is 26.8 Å². The zero-order valence-corrected chi connectivity index (χ0v) is 17.4. The maximum absolute atomic E-state index is 9.40. The second-order valence-electron chi connectivity index (χ2n) is 7.49. The van der Waals surface area contributed by atoms with Crippen molar-refractivity contribution in [1.29, 1.82) is 5.26 Å². The molecule has 5 rings (SSSR count). The molecule has 3 aromatic heterocycles. The number of aromatic nitrogens is 3. The van der Waals surface area contributed by atoms with Gasteiger partial charge in [0.05, 0.1) is 23.8 Å². The Balaban J connectivity index is 1.43. The molecule has 1 atom stereocenters. The van der Waals surface area contributed by atoms with Crippen LogP contribution < -0.4 is 15.4 Å². The summed E-state index contributed by atoms with van der Waals surface area (Å²) >= 11 is 0. The maximum Gasteiger partial charge on any atom is 0.154 e. The Hall–Kier alpha value is -3.93. The van der Waals surface area contributed by atoms with Crippen LogP contribution in [0.25, 0.3) is 16.6 Å². The number of rotatable bonds is 6. The van der Waals surface area contributed by atoms with E-state index in [9.17, 15) is 5.26 Å². The van der Waals surface area contributed by atoms with E-state index in [1.165, 1.54) is 0 Å². The first-order valence-electron chi connectivity index (χ1n) is 10.5. The van der Waals surface area contributed by atoms with Crippen molar-refractivity contribution >= 4 is 17.2 Å². The smallest absolute Gasteiger partial charge is 0.154 e. The fraction of sp³-hybridized carbons (Fsp3) is 0.208. The van der Waals surface area contributed by atoms with Gasteiger partial charge in [-0.15, -0.1) is 0 Å². The van der Waals surface area contributed by atoms with Crippen molar-refractivity contribution in [3.05, 3.63) is 72.6 Å². The third kappa shape index (κ3) is 4.39. The van der Waals surface area contributed by atoms with Crippen molar-refractivity contribution in [2.75, 3.05) is 31.6 Å². The number of pyridine rings is 2. The molecule has 8 nitrogen and oxygen atoms in total. The van der Waals surface area contributed by atoms with Gasteiger partial charge in [-0.1, -0.05) is 6.07 Å². The Bertz CT molecular complexity index is 1260. The van der Waals surface area contributed by atoms with Gasteiger partial charge in [-0.05, 0) is 48.0 Å². The zero-order valence-electron chi connectivity index (χ0n) is 17.4. The third-order valence-electron chi connectivity index (χ3n) is 5.23. The van der Waals surface area contributed by atoms with Crippen molar-refractivity contribution in [2.45, 2.75) is 6.10 Å². The van der Waals surface area contributed by atoms with Gasteiger partial charge in [0, 0.05) is 37.1 Å². The summed E-state index contributed by atoms with van der Waals surface area (Å²) in [5, 5.41) is 20.5. The standard InChI is InChI=1S/C24H22N6O2/c25-14-17-4-5-22(32-16-20-15-26-8-10-31-20)21(11-17)18-6-9-30-19(12-18)13-24(29-30)28-23-3-1-2-7-27-23/h1-7,9,11-13,20,26H,8,10,15-16H2,(H,27,28,29)/t20-/m1/s1. The van der Waals surface area contributed by atoms with Crippen LogP contribution in [-0.4, -0.2) is 47.0 Å². The number of hydrogen-bond donors (Lipinski definition) is 2. The largest absolute Gasteiger partial charge is 0.490 e. The Labute approximate surface area is 185 Å². The number of ether oxygens (including phenoxy) is 2. The Morgan fingerprint density at radius 1 is 1.19 bits per heavy atom. The highest BCUT2D eigenvalue weighted by Crippen LogP contribution is 2.32. The molecule has 32 heavy (non-hydrogen) atoms. The Kier molecular flexibility index (Phi) is 5.66. The van der Waals surface area contributed by atoms with E-state index in [1.807, 2.05) is 54.7 Å². The summed E-state index contributed by atoms with van der Waals surface area (Å²) in [7, 11) is 0. The van der Waals surface area contributed by atoms with Gasteiger partial charge in [-0.25, -0.2) is 9.50 Å². The van der Waals surface area contributed by atoms with Crippen molar-refractivity contribution in [3.63, 3.8) is 0 Å². The Morgan fingerprint density at radius 2 is 2.16 bits per heavy atom. The molecule has 0 aliphatic carbocycles. The van der Waals surface area contributed by atoms with Crippen molar-refractivity contribution in [3.8, 4) is 22.9 Å². The molecule has 1 fully saturated rings. The van der Waals surface area contributed by atoms with E-state index >= 15 is 0 Å². The summed E-state index contributed by atoms with van der Waals surface area (Å²) in [6.45, 7) is 2.75. The molecule has 1 aliphatic rings. The lowest BCUT2D eigenvalue weighted by Gasteiger charge is -2.24. The summed E-state index contributed by atoms with van der Waals surface area (Å²) in [5.41, 5.74) is 3.29. The molecule has 2 N–H and O–H groups in total. The van der Waals surface area contributed by atoms with Gasteiger partial charge < -0.3 is 20.1 Å². The van der Waals surface area contributed by atoms with Gasteiger partial charge in [0.2, 0.25) is 0 Å². The molecule has 0 spiro atoms. The van der Waals surface area contributed by atoms with Gasteiger partial charge in [0.15, 0.2) is 5.82 Å². The summed E-state index contributed by atoms with van der Waals surface area (Å²) < 4.78 is 13.6. The van der Waals surface area contributed by atoms with E-state index in [0.717, 1.165) is 35.6 Å². The lowest BCUT2D eigenvalue weighted by atomic mass is 10.0. The van der Waals surface area contributed by atoms with E-state index in [0.29, 0.717) is 30.3 Å². The molecule has 4 heterocycles. The van der Waals surface area contributed by atoms with Crippen LogP contribution in [0.4, 0.5) is 11.6 Å². The van der Waals surface area contributed by atoms with E-state index in [-0.39, 0.29) is 6.10 Å². The van der Waals surface area contributed by atoms with Crippen LogP contribution in [0, 0.1) is 11.3 Å². The lowest BCUT2D eigenvalue weighted by Crippen LogP contribution is -2.41. The second-order valence-corrected chi connectivity index (χ2v) is 7.49. The van der Waals surface area contributed by atoms with Crippen LogP contribution in [0.3, 0.4) is 0 Å². The van der Waals surface area contributed by atoms with Crippen LogP contribution >= 0.6 is 0 Å². The van der Waals surface area contributed by atoms with E-state index in [4.69, 9.17) is 9.47 Å². The minimum Gasteiger partial charge on any atom is -0.490 e. The minimum absolute atomic E-state index is 0.00443. The van der Waals surface area contributed by atoms with Gasteiger partial charge in [-0.3, -0.25) is 0 Å². The van der Waals surface area contributed by atoms with Crippen LogP contribution in [0.1, 0.15) is 5.56 Å². The van der Waals surface area contributed by atoms with Crippen molar-refractivity contribution in [1.82, 2.24) is 19.9 Å². The quantitative estimate of drug-likeness (QED) is 0.488. The summed E-state index contributed by atoms with van der Waals surface area (Å²) in [4.78, 5) is 4.28. The van der Waals surface area contributed by atoms with Gasteiger partial charge in [0.1, 0.15) is 24.3 Å². The van der Waals surface area contributed by atoms with Crippen molar-refractivity contribution in [2.24, 2.45) is 0 Å². The summed E-state index contributed by atoms with van der Waals surface area (Å²) in [6.07, 6.45) is 3.63. The minimum atomic E-state index is 0.00443. The van der Waals surface area contributed by atoms with Crippen LogP contribution in [0.2, 0.25) is 0 Å². The highest BCUT2D eigenvalue weighted by molar-refractivity contribution is 5.76. The average molecular weight is 426 g/mol. The molecule has 1 aromatic carbocycles. The molecular weight excluding hydrogens is 404 g/mol. The zero-order chi connectivity index (χ0) is 21.8. The number of hydrogen-bond acceptors (Lipinski definition) is 7. The third-order valence-corrected chi connectivity index (χ3v) is 5.23. The number of nitrogens with one attached hydrogen (secondary N) is 2. The Morgan fingerprint density at radius 3 is 2.97 bits per heavy atom. The van der Waals surface area contributed by atoms with Crippen LogP contribution in [0.5, 0.6) is 5.75 Å². The molecule has 0 unspecified atom stereocenters. The average Bonchev–Trinajstić information content (AvgIpc) is 3.25. The number of benzene rings is 1. The number of nitriles is 1. The normalized spacial score (nSPS) is 15.9. The SMILES string of the molecule is N#Cc1ccc(OC[C@H]2CNCCO2)c(-c2ccn3nc(Nc4ccccn4)cc3c2)c1. The van der Waals surface area contributed by atoms with E-state index in [1.54, 1.807) is 16.8 Å². The monoisotopic (exact) mass is 426 g/mol. The fourth-order valence-corrected chi connectivity index (χ4v) is 3.65. The number of fused-ring (bicyclic) bond motifs is 1. The predicted molar refractivity (Wildman–Crippen MR) is 121 cm³/mol. The highest BCUT2D eigenvalue weighted by Gasteiger charge is 2.16. The molecule has 0 saturated carbocycles. The molecule has 8 heteroatoms. The van der Waals surface area contributed by atoms with Gasteiger partial charge in [-0.2, -0.15) is 10.4 Å². The first-order valence-corrected chi connectivity index (χ1v) is 10.5. The van der Waals surface area contributed by atoms with Gasteiger partial charge in [0.25, 0.3) is 0 Å². The van der Waals surface area contributed by atoms with Gasteiger partial charge >= 0.3 is 0 Å².